The fourth-order valence-electron chi connectivity index (χ4n) is 5.74. The van der Waals surface area contributed by atoms with E-state index in [1.54, 1.807) is 11.3 Å². The third kappa shape index (κ3) is 2.79. The van der Waals surface area contributed by atoms with Crippen molar-refractivity contribution in [1.29, 1.82) is 0 Å². The summed E-state index contributed by atoms with van der Waals surface area (Å²) in [4.78, 5) is 17.5. The minimum absolute atomic E-state index is 0.201. The molecule has 0 N–H and O–H groups in total. The van der Waals surface area contributed by atoms with Gasteiger partial charge in [-0.2, -0.15) is 5.10 Å². The van der Waals surface area contributed by atoms with Crippen LogP contribution >= 0.6 is 11.3 Å². The van der Waals surface area contributed by atoms with E-state index >= 15 is 0 Å². The number of hydrogen-bond acceptors (Lipinski definition) is 3. The molecule has 146 valence electrons. The van der Waals surface area contributed by atoms with E-state index < -0.39 is 0 Å². The van der Waals surface area contributed by atoms with Crippen LogP contribution in [0.4, 0.5) is 0 Å². The molecule has 2 bridgehead atoms. The zero-order valence-electron chi connectivity index (χ0n) is 17.0. The number of para-hydroxylation sites is 1. The van der Waals surface area contributed by atoms with Crippen molar-refractivity contribution in [2.24, 2.45) is 10.8 Å². The van der Waals surface area contributed by atoms with Gasteiger partial charge in [0.1, 0.15) is 4.83 Å². The third-order valence-electron chi connectivity index (χ3n) is 6.43. The topological polar surface area (TPSA) is 38.1 Å². The molecule has 2 aromatic heterocycles. The number of aromatic nitrogens is 2. The van der Waals surface area contributed by atoms with Crippen molar-refractivity contribution in [3.8, 4) is 5.69 Å². The summed E-state index contributed by atoms with van der Waals surface area (Å²) in [5, 5.41) is 5.79. The number of amides is 1. The van der Waals surface area contributed by atoms with Crippen molar-refractivity contribution >= 4 is 27.5 Å². The van der Waals surface area contributed by atoms with Crippen LogP contribution in [0.3, 0.4) is 0 Å². The monoisotopic (exact) mass is 393 g/mol. The van der Waals surface area contributed by atoms with E-state index in [0.29, 0.717) is 11.5 Å². The molecule has 1 saturated heterocycles. The Labute approximate surface area is 170 Å². The second kappa shape index (κ2) is 5.93. The molecular weight excluding hydrogens is 366 g/mol. The van der Waals surface area contributed by atoms with Crippen molar-refractivity contribution < 1.29 is 4.79 Å². The quantitative estimate of drug-likeness (QED) is 0.582. The molecule has 2 atom stereocenters. The zero-order chi connectivity index (χ0) is 19.7. The number of thiophene rings is 1. The standard InChI is InChI=1S/C23H27N3OS/c1-15-18-10-19(28-21(18)26(24-15)16-8-6-5-7-9-16)20(27)25-14-23(4)12-17(25)11-22(2,3)13-23/h5-10,17H,11-14H2,1-4H3. The molecule has 0 radical (unpaired) electrons. The molecule has 1 aromatic carbocycles. The Hall–Kier alpha value is -2.14. The van der Waals surface area contributed by atoms with E-state index in [4.69, 9.17) is 5.10 Å². The van der Waals surface area contributed by atoms with E-state index in [1.807, 2.05) is 29.8 Å². The summed E-state index contributed by atoms with van der Waals surface area (Å²) >= 11 is 1.58. The highest BCUT2D eigenvalue weighted by atomic mass is 32.1. The van der Waals surface area contributed by atoms with Crippen LogP contribution in [-0.4, -0.2) is 33.2 Å². The Morgan fingerprint density at radius 1 is 1.18 bits per heavy atom. The lowest BCUT2D eigenvalue weighted by Crippen LogP contribution is -2.37. The van der Waals surface area contributed by atoms with Crippen LogP contribution in [0.5, 0.6) is 0 Å². The van der Waals surface area contributed by atoms with Gasteiger partial charge in [-0.05, 0) is 55.2 Å². The van der Waals surface area contributed by atoms with E-state index in [-0.39, 0.29) is 11.3 Å². The van der Waals surface area contributed by atoms with Crippen molar-refractivity contribution in [3.63, 3.8) is 0 Å². The van der Waals surface area contributed by atoms with Crippen LogP contribution in [0, 0.1) is 17.8 Å². The molecular formula is C23H27N3OS. The summed E-state index contributed by atoms with van der Waals surface area (Å²) in [6.45, 7) is 9.97. The number of benzene rings is 1. The highest BCUT2D eigenvalue weighted by Gasteiger charge is 2.51. The molecule has 1 aliphatic heterocycles. The van der Waals surface area contributed by atoms with Crippen LogP contribution in [-0.2, 0) is 0 Å². The second-order valence-electron chi connectivity index (χ2n) is 9.81. The molecule has 28 heavy (non-hydrogen) atoms. The minimum atomic E-state index is 0.201. The Balaban J connectivity index is 1.51. The van der Waals surface area contributed by atoms with Gasteiger partial charge in [-0.1, -0.05) is 39.0 Å². The van der Waals surface area contributed by atoms with Crippen molar-refractivity contribution in [1.82, 2.24) is 14.7 Å². The number of nitrogens with zero attached hydrogens (tertiary/aromatic N) is 3. The smallest absolute Gasteiger partial charge is 0.264 e. The first-order valence-corrected chi connectivity index (χ1v) is 10.9. The maximum Gasteiger partial charge on any atom is 0.264 e. The molecule has 2 unspecified atom stereocenters. The number of fused-ring (bicyclic) bond motifs is 3. The number of rotatable bonds is 2. The highest BCUT2D eigenvalue weighted by Crippen LogP contribution is 2.53. The summed E-state index contributed by atoms with van der Waals surface area (Å²) in [5.41, 5.74) is 2.59. The first-order chi connectivity index (χ1) is 13.2. The van der Waals surface area contributed by atoms with Gasteiger partial charge in [0, 0.05) is 18.0 Å². The number of likely N-dealkylation sites (tertiary alicyclic amines) is 1. The number of hydrogen-bond donors (Lipinski definition) is 0. The lowest BCUT2D eigenvalue weighted by Gasteiger charge is -2.39. The summed E-state index contributed by atoms with van der Waals surface area (Å²) in [6.07, 6.45) is 3.45. The predicted molar refractivity (Wildman–Crippen MR) is 114 cm³/mol. The van der Waals surface area contributed by atoms with Crippen molar-refractivity contribution in [2.75, 3.05) is 6.54 Å². The average Bonchev–Trinajstić information content (AvgIpc) is 3.26. The summed E-state index contributed by atoms with van der Waals surface area (Å²) in [6, 6.07) is 12.6. The Morgan fingerprint density at radius 3 is 2.68 bits per heavy atom. The normalized spacial score (nSPS) is 26.1. The maximum atomic E-state index is 13.5. The molecule has 1 aliphatic carbocycles. The molecule has 5 heteroatoms. The predicted octanol–water partition coefficient (Wildman–Crippen LogP) is 5.44. The molecule has 4 nitrogen and oxygen atoms in total. The first kappa shape index (κ1) is 17.9. The van der Waals surface area contributed by atoms with Gasteiger partial charge in [0.15, 0.2) is 0 Å². The third-order valence-corrected chi connectivity index (χ3v) is 7.53. The molecule has 5 rings (SSSR count). The average molecular weight is 394 g/mol. The molecule has 3 heterocycles. The van der Waals surface area contributed by atoms with Gasteiger partial charge in [0.2, 0.25) is 0 Å². The summed E-state index contributed by atoms with van der Waals surface area (Å²) in [7, 11) is 0. The van der Waals surface area contributed by atoms with Crippen LogP contribution in [0.15, 0.2) is 36.4 Å². The lowest BCUT2D eigenvalue weighted by molar-refractivity contribution is 0.0713. The van der Waals surface area contributed by atoms with Crippen LogP contribution in [0.25, 0.3) is 15.9 Å². The second-order valence-corrected chi connectivity index (χ2v) is 10.8. The van der Waals surface area contributed by atoms with Gasteiger partial charge in [0.25, 0.3) is 5.91 Å². The van der Waals surface area contributed by atoms with Gasteiger partial charge in [-0.15, -0.1) is 11.3 Å². The fourth-order valence-corrected chi connectivity index (χ4v) is 6.87. The summed E-state index contributed by atoms with van der Waals surface area (Å²) in [5.74, 6) is 0.201. The molecule has 3 aromatic rings. The van der Waals surface area contributed by atoms with Crippen LogP contribution < -0.4 is 0 Å². The van der Waals surface area contributed by atoms with Gasteiger partial charge in [0.05, 0.1) is 16.3 Å². The zero-order valence-corrected chi connectivity index (χ0v) is 17.8. The van der Waals surface area contributed by atoms with Gasteiger partial charge >= 0.3 is 0 Å². The highest BCUT2D eigenvalue weighted by molar-refractivity contribution is 7.20. The van der Waals surface area contributed by atoms with E-state index in [1.165, 1.54) is 6.42 Å². The SMILES string of the molecule is Cc1nn(-c2ccccc2)c2sc(C(=O)N3CC4(C)CC3CC(C)(C)C4)cc12. The molecule has 0 spiro atoms. The molecule has 2 fully saturated rings. The number of carbonyl (C=O) groups excluding carboxylic acids is 1. The van der Waals surface area contributed by atoms with E-state index in [2.05, 4.69) is 43.9 Å². The lowest BCUT2D eigenvalue weighted by atomic mass is 9.65. The Bertz CT molecular complexity index is 1060. The molecule has 2 aliphatic rings. The molecule has 1 saturated carbocycles. The van der Waals surface area contributed by atoms with Crippen LogP contribution in [0.1, 0.15) is 55.4 Å². The van der Waals surface area contributed by atoms with Gasteiger partial charge < -0.3 is 4.90 Å². The van der Waals surface area contributed by atoms with E-state index in [0.717, 1.165) is 45.9 Å². The fraction of sp³-hybridized carbons (Fsp3) is 0.478. The Kier molecular flexibility index (Phi) is 3.80. The maximum absolute atomic E-state index is 13.5. The van der Waals surface area contributed by atoms with Gasteiger partial charge in [-0.3, -0.25) is 4.79 Å². The largest absolute Gasteiger partial charge is 0.334 e. The number of aryl methyl sites for hydroxylation is 1. The summed E-state index contributed by atoms with van der Waals surface area (Å²) < 4.78 is 1.97. The van der Waals surface area contributed by atoms with Crippen LogP contribution in [0.2, 0.25) is 0 Å². The van der Waals surface area contributed by atoms with Crippen molar-refractivity contribution in [3.05, 3.63) is 47.0 Å². The number of carbonyl (C=O) groups is 1. The minimum Gasteiger partial charge on any atom is -0.334 e. The van der Waals surface area contributed by atoms with Gasteiger partial charge in [-0.25, -0.2) is 4.68 Å². The van der Waals surface area contributed by atoms with Crippen molar-refractivity contribution in [2.45, 2.75) is 53.0 Å². The van der Waals surface area contributed by atoms with E-state index in [9.17, 15) is 4.79 Å². The molecule has 1 amide bonds. The Morgan fingerprint density at radius 2 is 1.93 bits per heavy atom. The first-order valence-electron chi connectivity index (χ1n) is 10.1.